The van der Waals surface area contributed by atoms with Crippen molar-refractivity contribution in [3.63, 3.8) is 0 Å². The van der Waals surface area contributed by atoms with Crippen molar-refractivity contribution in [1.82, 2.24) is 4.57 Å². The van der Waals surface area contributed by atoms with Crippen LogP contribution in [0.2, 0.25) is 0 Å². The van der Waals surface area contributed by atoms with Gasteiger partial charge in [-0.3, -0.25) is 4.79 Å². The molecule has 124 valence electrons. The fourth-order valence-corrected chi connectivity index (χ4v) is 4.43. The molecule has 1 amide bonds. The molecule has 2 heterocycles. The predicted molar refractivity (Wildman–Crippen MR) is 103 cm³/mol. The molecular formula is C17H15BrN2O2S2. The van der Waals surface area contributed by atoms with Crippen molar-refractivity contribution in [2.45, 2.75) is 6.54 Å². The summed E-state index contributed by atoms with van der Waals surface area (Å²) in [5, 5.41) is 1.98. The summed E-state index contributed by atoms with van der Waals surface area (Å²) >= 11 is 6.57. The highest BCUT2D eigenvalue weighted by atomic mass is 79.9. The smallest absolute Gasteiger partial charge is 0.272 e. The minimum absolute atomic E-state index is 0.264. The lowest BCUT2D eigenvalue weighted by Crippen LogP contribution is -2.18. The van der Waals surface area contributed by atoms with Crippen molar-refractivity contribution in [3.05, 3.63) is 55.9 Å². The minimum Gasteiger partial charge on any atom is -0.383 e. The van der Waals surface area contributed by atoms with E-state index in [4.69, 9.17) is 4.74 Å². The van der Waals surface area contributed by atoms with Gasteiger partial charge >= 0.3 is 0 Å². The number of ether oxygens (including phenoxy) is 1. The molecule has 1 aromatic carbocycles. The molecule has 0 spiro atoms. The van der Waals surface area contributed by atoms with E-state index in [1.54, 1.807) is 24.5 Å². The fourth-order valence-electron chi connectivity index (χ4n) is 2.20. The highest BCUT2D eigenvalue weighted by Gasteiger charge is 2.07. The van der Waals surface area contributed by atoms with Crippen molar-refractivity contribution < 1.29 is 9.53 Å². The maximum atomic E-state index is 12.2. The zero-order valence-corrected chi connectivity index (χ0v) is 16.2. The molecule has 0 radical (unpaired) electrons. The van der Waals surface area contributed by atoms with Gasteiger partial charge in [-0.05, 0) is 35.7 Å². The average Bonchev–Trinajstić information content (AvgIpc) is 3.18. The maximum absolute atomic E-state index is 12.2. The molecule has 0 fully saturated rings. The number of carbonyl (C=O) groups is 1. The number of fused-ring (bicyclic) bond motifs is 1. The van der Waals surface area contributed by atoms with Crippen LogP contribution in [0.15, 0.2) is 51.3 Å². The third-order valence-corrected chi connectivity index (χ3v) is 5.67. The quantitative estimate of drug-likeness (QED) is 0.574. The van der Waals surface area contributed by atoms with Gasteiger partial charge in [-0.15, -0.1) is 11.3 Å². The van der Waals surface area contributed by atoms with Crippen LogP contribution in [0, 0.1) is 0 Å². The largest absolute Gasteiger partial charge is 0.383 e. The molecule has 3 rings (SSSR count). The Labute approximate surface area is 155 Å². The van der Waals surface area contributed by atoms with E-state index in [1.165, 1.54) is 17.4 Å². The number of carbonyl (C=O) groups excluding carboxylic acids is 1. The first-order chi connectivity index (χ1) is 11.7. The number of methoxy groups -OCH3 is 1. The zero-order valence-electron chi connectivity index (χ0n) is 12.9. The van der Waals surface area contributed by atoms with E-state index in [0.29, 0.717) is 18.0 Å². The highest BCUT2D eigenvalue weighted by Crippen LogP contribution is 2.22. The summed E-state index contributed by atoms with van der Waals surface area (Å²) in [5.74, 6) is -0.264. The summed E-state index contributed by atoms with van der Waals surface area (Å²) in [6, 6.07) is 9.96. The molecule has 0 aliphatic rings. The number of thiazole rings is 1. The standard InChI is InChI=1S/C17H15BrN2O2S2/c1-22-9-8-20-14-6-4-12(18)11-15(14)24-17(20)19-16(21)7-5-13-3-2-10-23-13/h2-7,10-11H,8-9H2,1H3. The van der Waals surface area contributed by atoms with Crippen molar-refractivity contribution in [2.24, 2.45) is 4.99 Å². The third-order valence-electron chi connectivity index (χ3n) is 3.30. The lowest BCUT2D eigenvalue weighted by atomic mass is 10.3. The molecule has 7 heteroatoms. The van der Waals surface area contributed by atoms with Gasteiger partial charge in [-0.2, -0.15) is 4.99 Å². The van der Waals surface area contributed by atoms with Gasteiger partial charge in [0.15, 0.2) is 4.80 Å². The molecule has 0 saturated heterocycles. The number of benzene rings is 1. The Morgan fingerprint density at radius 2 is 2.29 bits per heavy atom. The molecule has 24 heavy (non-hydrogen) atoms. The molecule has 2 aromatic heterocycles. The molecule has 0 N–H and O–H groups in total. The zero-order chi connectivity index (χ0) is 16.9. The van der Waals surface area contributed by atoms with E-state index in [9.17, 15) is 4.79 Å². The maximum Gasteiger partial charge on any atom is 0.272 e. The van der Waals surface area contributed by atoms with Crippen LogP contribution >= 0.6 is 38.6 Å². The molecule has 3 aromatic rings. The van der Waals surface area contributed by atoms with Crippen LogP contribution in [-0.2, 0) is 16.1 Å². The summed E-state index contributed by atoms with van der Waals surface area (Å²) in [4.78, 5) is 18.2. The lowest BCUT2D eigenvalue weighted by Gasteiger charge is -2.03. The molecule has 0 saturated carbocycles. The van der Waals surface area contributed by atoms with E-state index in [2.05, 4.69) is 20.9 Å². The molecule has 0 aliphatic carbocycles. The first-order valence-corrected chi connectivity index (χ1v) is 9.74. The van der Waals surface area contributed by atoms with Gasteiger partial charge in [0.1, 0.15) is 0 Å². The second kappa shape index (κ2) is 8.02. The van der Waals surface area contributed by atoms with Crippen LogP contribution in [0.1, 0.15) is 4.88 Å². The number of amides is 1. The Kier molecular flexibility index (Phi) is 5.78. The number of rotatable bonds is 5. The van der Waals surface area contributed by atoms with E-state index in [1.807, 2.05) is 40.3 Å². The summed E-state index contributed by atoms with van der Waals surface area (Å²) < 4.78 is 9.28. The Balaban J connectivity index is 1.98. The molecule has 4 nitrogen and oxygen atoms in total. The second-order valence-electron chi connectivity index (χ2n) is 4.94. The van der Waals surface area contributed by atoms with Gasteiger partial charge in [-0.25, -0.2) is 0 Å². The normalized spacial score (nSPS) is 12.5. The predicted octanol–water partition coefficient (Wildman–Crippen LogP) is 4.31. The van der Waals surface area contributed by atoms with Crippen LogP contribution in [0.5, 0.6) is 0 Å². The topological polar surface area (TPSA) is 43.6 Å². The van der Waals surface area contributed by atoms with Crippen molar-refractivity contribution in [1.29, 1.82) is 0 Å². The SMILES string of the molecule is COCCn1c(=NC(=O)C=Cc2cccs2)sc2cc(Br)ccc21. The van der Waals surface area contributed by atoms with E-state index in [0.717, 1.165) is 19.6 Å². The third kappa shape index (κ3) is 4.10. The fraction of sp³-hybridized carbons (Fsp3) is 0.176. The average molecular weight is 423 g/mol. The molecule has 0 atom stereocenters. The molecule has 0 aliphatic heterocycles. The summed E-state index contributed by atoms with van der Waals surface area (Å²) in [6.45, 7) is 1.22. The first kappa shape index (κ1) is 17.3. The number of aromatic nitrogens is 1. The number of nitrogens with zero attached hydrogens (tertiary/aromatic N) is 2. The van der Waals surface area contributed by atoms with Crippen molar-refractivity contribution in [2.75, 3.05) is 13.7 Å². The Morgan fingerprint density at radius 1 is 1.42 bits per heavy atom. The van der Waals surface area contributed by atoms with Crippen LogP contribution in [-0.4, -0.2) is 24.2 Å². The van der Waals surface area contributed by atoms with Crippen molar-refractivity contribution >= 4 is 60.8 Å². The Hall–Kier alpha value is -1.54. The monoisotopic (exact) mass is 422 g/mol. The number of thiophene rings is 1. The van der Waals surface area contributed by atoms with Gasteiger partial charge in [0, 0.05) is 29.1 Å². The van der Waals surface area contributed by atoms with E-state index < -0.39 is 0 Å². The van der Waals surface area contributed by atoms with E-state index >= 15 is 0 Å². The lowest BCUT2D eigenvalue weighted by molar-refractivity contribution is -0.113. The molecule has 0 unspecified atom stereocenters. The van der Waals surface area contributed by atoms with Gasteiger partial charge < -0.3 is 9.30 Å². The van der Waals surface area contributed by atoms with Gasteiger partial charge in [0.2, 0.25) is 0 Å². The van der Waals surface area contributed by atoms with Crippen molar-refractivity contribution in [3.8, 4) is 0 Å². The van der Waals surface area contributed by atoms with Crippen LogP contribution < -0.4 is 4.80 Å². The first-order valence-electron chi connectivity index (χ1n) is 7.25. The highest BCUT2D eigenvalue weighted by molar-refractivity contribution is 9.10. The van der Waals surface area contributed by atoms with Crippen LogP contribution in [0.25, 0.3) is 16.3 Å². The molecular weight excluding hydrogens is 408 g/mol. The van der Waals surface area contributed by atoms with Gasteiger partial charge in [0.25, 0.3) is 5.91 Å². The Bertz CT molecular complexity index is 939. The summed E-state index contributed by atoms with van der Waals surface area (Å²) in [6.07, 6.45) is 3.30. The van der Waals surface area contributed by atoms with Crippen LogP contribution in [0.4, 0.5) is 0 Å². The second-order valence-corrected chi connectivity index (χ2v) is 7.84. The minimum atomic E-state index is -0.264. The number of halogens is 1. The Morgan fingerprint density at radius 3 is 3.04 bits per heavy atom. The number of hydrogen-bond acceptors (Lipinski definition) is 4. The van der Waals surface area contributed by atoms with Gasteiger partial charge in [0.05, 0.1) is 16.8 Å². The van der Waals surface area contributed by atoms with E-state index in [-0.39, 0.29) is 5.91 Å². The summed E-state index contributed by atoms with van der Waals surface area (Å²) in [5.41, 5.74) is 1.05. The summed E-state index contributed by atoms with van der Waals surface area (Å²) in [7, 11) is 1.66. The van der Waals surface area contributed by atoms with Gasteiger partial charge in [-0.1, -0.05) is 33.3 Å². The molecule has 0 bridgehead atoms. The number of hydrogen-bond donors (Lipinski definition) is 0. The van der Waals surface area contributed by atoms with Crippen LogP contribution in [0.3, 0.4) is 0 Å².